The van der Waals surface area contributed by atoms with Crippen molar-refractivity contribution in [1.29, 1.82) is 0 Å². The maximum absolute atomic E-state index is 15.1. The van der Waals surface area contributed by atoms with Crippen molar-refractivity contribution in [2.45, 2.75) is 27.7 Å². The molecular formula is C34H18F10N2. The van der Waals surface area contributed by atoms with Gasteiger partial charge in [0.2, 0.25) is 11.6 Å². The maximum atomic E-state index is 15.1. The highest BCUT2D eigenvalue weighted by atomic mass is 19.2. The van der Waals surface area contributed by atoms with Crippen LogP contribution in [0, 0.1) is 85.9 Å². The van der Waals surface area contributed by atoms with Gasteiger partial charge in [-0.25, -0.2) is 43.9 Å². The second kappa shape index (κ2) is 9.75. The number of aromatic nitrogens is 2. The molecule has 0 saturated heterocycles. The first kappa shape index (κ1) is 29.7. The topological polar surface area (TPSA) is 9.86 Å². The molecule has 7 rings (SSSR count). The van der Waals surface area contributed by atoms with Crippen LogP contribution in [0.1, 0.15) is 22.5 Å². The lowest BCUT2D eigenvalue weighted by molar-refractivity contribution is 0.376. The molecule has 2 nitrogen and oxygen atoms in total. The number of benzene rings is 5. The number of rotatable bonds is 2. The average Bonchev–Trinajstić information content (AvgIpc) is 3.45. The predicted molar refractivity (Wildman–Crippen MR) is 154 cm³/mol. The summed E-state index contributed by atoms with van der Waals surface area (Å²) in [5.74, 6) is -21.1. The smallest absolute Gasteiger partial charge is 0.200 e. The molecule has 234 valence electrons. The highest BCUT2D eigenvalue weighted by Crippen LogP contribution is 2.42. The first-order valence-electron chi connectivity index (χ1n) is 13.7. The van der Waals surface area contributed by atoms with Gasteiger partial charge < -0.3 is 9.13 Å². The minimum atomic E-state index is -2.30. The van der Waals surface area contributed by atoms with Crippen molar-refractivity contribution in [3.05, 3.63) is 117 Å². The van der Waals surface area contributed by atoms with Crippen LogP contribution in [0.2, 0.25) is 0 Å². The van der Waals surface area contributed by atoms with Gasteiger partial charge in [-0.05, 0) is 49.6 Å². The summed E-state index contributed by atoms with van der Waals surface area (Å²) in [6.45, 7) is 6.18. The van der Waals surface area contributed by atoms with Gasteiger partial charge in [0.1, 0.15) is 11.4 Å². The third-order valence-corrected chi connectivity index (χ3v) is 8.97. The van der Waals surface area contributed by atoms with Gasteiger partial charge in [0, 0.05) is 32.9 Å². The molecule has 0 radical (unpaired) electrons. The van der Waals surface area contributed by atoms with E-state index in [0.29, 0.717) is 43.4 Å². The summed E-state index contributed by atoms with van der Waals surface area (Å²) in [6, 6.07) is 9.53. The van der Waals surface area contributed by atoms with Gasteiger partial charge in [-0.3, -0.25) is 0 Å². The van der Waals surface area contributed by atoms with E-state index < -0.39 is 69.5 Å². The number of hydrogen-bond donors (Lipinski definition) is 0. The normalized spacial score (nSPS) is 12.1. The fourth-order valence-electron chi connectivity index (χ4n) is 6.48. The maximum Gasteiger partial charge on any atom is 0.200 e. The van der Waals surface area contributed by atoms with E-state index in [-0.39, 0.29) is 22.4 Å². The number of halogens is 10. The Kier molecular flexibility index (Phi) is 6.29. The molecule has 0 fully saturated rings. The van der Waals surface area contributed by atoms with Gasteiger partial charge in [-0.15, -0.1) is 0 Å². The van der Waals surface area contributed by atoms with Crippen LogP contribution in [0.4, 0.5) is 43.9 Å². The van der Waals surface area contributed by atoms with Crippen molar-refractivity contribution in [2.75, 3.05) is 0 Å². The summed E-state index contributed by atoms with van der Waals surface area (Å²) in [6.07, 6.45) is 0. The summed E-state index contributed by atoms with van der Waals surface area (Å²) >= 11 is 0. The standard InChI is InChI=1S/C34H18F10N2/c1-11-13(3)45(33-27(41)23(37)21(35)24(38)28(33)42)31-15(11)5-7-17-18-8-6-16-12(2)14(4)46(32(16)20(18)10-9-19(17)31)34-29(43)25(39)22(36)26(40)30(34)44/h5-10H,1-4H3. The predicted octanol–water partition coefficient (Wildman–Crippen LogP) is 10.5. The van der Waals surface area contributed by atoms with E-state index in [1.54, 1.807) is 38.1 Å². The summed E-state index contributed by atoms with van der Waals surface area (Å²) in [7, 11) is 0. The Labute approximate surface area is 252 Å². The fraction of sp³-hybridized carbons (Fsp3) is 0.118. The Morgan fingerprint density at radius 2 is 0.565 bits per heavy atom. The molecule has 0 aliphatic heterocycles. The molecule has 0 N–H and O–H groups in total. The van der Waals surface area contributed by atoms with E-state index in [9.17, 15) is 26.3 Å². The molecule has 0 amide bonds. The van der Waals surface area contributed by atoms with Gasteiger partial charge in [-0.2, -0.15) is 0 Å². The minimum Gasteiger partial charge on any atom is -0.308 e. The highest BCUT2D eigenvalue weighted by Gasteiger charge is 2.31. The third kappa shape index (κ3) is 3.55. The van der Waals surface area contributed by atoms with Crippen molar-refractivity contribution < 1.29 is 43.9 Å². The van der Waals surface area contributed by atoms with Crippen LogP contribution in [0.5, 0.6) is 0 Å². The Balaban J connectivity index is 1.65. The second-order valence-electron chi connectivity index (χ2n) is 11.1. The lowest BCUT2D eigenvalue weighted by Gasteiger charge is -2.16. The summed E-state index contributed by atoms with van der Waals surface area (Å²) in [5.41, 5.74) is -0.672. The highest BCUT2D eigenvalue weighted by molar-refractivity contribution is 6.22. The van der Waals surface area contributed by atoms with Gasteiger partial charge >= 0.3 is 0 Å². The molecule has 0 bridgehead atoms. The number of aryl methyl sites for hydroxylation is 2. The molecule has 0 aliphatic carbocycles. The van der Waals surface area contributed by atoms with E-state index in [1.165, 1.54) is 26.0 Å². The largest absolute Gasteiger partial charge is 0.308 e. The average molecular weight is 645 g/mol. The van der Waals surface area contributed by atoms with Crippen LogP contribution in [-0.2, 0) is 0 Å². The van der Waals surface area contributed by atoms with Crippen LogP contribution in [0.25, 0.3) is 54.7 Å². The van der Waals surface area contributed by atoms with Crippen LogP contribution in [-0.4, -0.2) is 9.13 Å². The quantitative estimate of drug-likeness (QED) is 0.0767. The van der Waals surface area contributed by atoms with E-state index in [2.05, 4.69) is 0 Å². The van der Waals surface area contributed by atoms with Crippen LogP contribution in [0.3, 0.4) is 0 Å². The lowest BCUT2D eigenvalue weighted by Crippen LogP contribution is -2.11. The molecule has 0 saturated carbocycles. The lowest BCUT2D eigenvalue weighted by atomic mass is 9.97. The summed E-state index contributed by atoms with van der Waals surface area (Å²) < 4.78 is 148. The molecule has 12 heteroatoms. The van der Waals surface area contributed by atoms with Gasteiger partial charge in [0.25, 0.3) is 0 Å². The Hall–Kier alpha value is -5.00. The van der Waals surface area contributed by atoms with Crippen molar-refractivity contribution >= 4 is 43.4 Å². The summed E-state index contributed by atoms with van der Waals surface area (Å²) in [4.78, 5) is 0. The van der Waals surface area contributed by atoms with E-state index in [1.807, 2.05) is 0 Å². The van der Waals surface area contributed by atoms with Crippen molar-refractivity contribution in [1.82, 2.24) is 9.13 Å². The molecule has 2 aromatic heterocycles. The van der Waals surface area contributed by atoms with E-state index >= 15 is 17.6 Å². The molecule has 0 atom stereocenters. The molecule has 0 unspecified atom stereocenters. The zero-order valence-electron chi connectivity index (χ0n) is 24.1. The zero-order chi connectivity index (χ0) is 33.3. The van der Waals surface area contributed by atoms with E-state index in [0.717, 1.165) is 9.13 Å². The second-order valence-corrected chi connectivity index (χ2v) is 11.1. The Morgan fingerprint density at radius 3 is 0.870 bits per heavy atom. The minimum absolute atomic E-state index is 0.125. The molecule has 0 spiro atoms. The molecule has 7 aromatic rings. The summed E-state index contributed by atoms with van der Waals surface area (Å²) in [5, 5.41) is 2.38. The van der Waals surface area contributed by atoms with Gasteiger partial charge in [-0.1, -0.05) is 36.4 Å². The van der Waals surface area contributed by atoms with Crippen molar-refractivity contribution in [2.24, 2.45) is 0 Å². The molecule has 2 heterocycles. The molecule has 5 aromatic carbocycles. The Bertz CT molecular complexity index is 2290. The van der Waals surface area contributed by atoms with Crippen LogP contribution < -0.4 is 0 Å². The van der Waals surface area contributed by atoms with Crippen molar-refractivity contribution in [3.63, 3.8) is 0 Å². The fourth-order valence-corrected chi connectivity index (χ4v) is 6.48. The SMILES string of the molecule is Cc1c(C)n(-c2c(F)c(F)c(F)c(F)c2F)c2c1ccc1c3ccc4c(C)c(C)n(-c5c(F)c(F)c(F)c(F)c5F)c4c3ccc12. The Morgan fingerprint density at radius 1 is 0.326 bits per heavy atom. The zero-order valence-corrected chi connectivity index (χ0v) is 24.1. The van der Waals surface area contributed by atoms with Gasteiger partial charge in [0.15, 0.2) is 46.5 Å². The molecular weight excluding hydrogens is 626 g/mol. The van der Waals surface area contributed by atoms with E-state index in [4.69, 9.17) is 0 Å². The van der Waals surface area contributed by atoms with Crippen LogP contribution in [0.15, 0.2) is 36.4 Å². The monoisotopic (exact) mass is 644 g/mol. The first-order valence-corrected chi connectivity index (χ1v) is 13.7. The number of hydrogen-bond acceptors (Lipinski definition) is 0. The molecule has 46 heavy (non-hydrogen) atoms. The van der Waals surface area contributed by atoms with Gasteiger partial charge in [0.05, 0.1) is 11.0 Å². The van der Waals surface area contributed by atoms with Crippen LogP contribution >= 0.6 is 0 Å². The van der Waals surface area contributed by atoms with Crippen molar-refractivity contribution in [3.8, 4) is 11.4 Å². The first-order chi connectivity index (χ1) is 21.7. The molecule has 0 aliphatic rings. The number of nitrogens with zero attached hydrogens (tertiary/aromatic N) is 2. The number of fused-ring (bicyclic) bond motifs is 7. The third-order valence-electron chi connectivity index (χ3n) is 8.97.